The molecule has 0 spiro atoms. The highest BCUT2D eigenvalue weighted by atomic mass is 32.1. The quantitative estimate of drug-likeness (QED) is 0.626. The Hall–Kier alpha value is -1.86. The molecule has 0 saturated carbocycles. The molecule has 4 rings (SSSR count). The fourth-order valence-corrected chi connectivity index (χ4v) is 4.17. The molecule has 19 heavy (non-hydrogen) atoms. The van der Waals surface area contributed by atoms with E-state index in [1.54, 1.807) is 11.3 Å². The third-order valence-electron chi connectivity index (χ3n) is 4.11. The van der Waals surface area contributed by atoms with Crippen LogP contribution in [0.1, 0.15) is 34.1 Å². The molecule has 0 fully saturated rings. The molecule has 1 heterocycles. The van der Waals surface area contributed by atoms with Gasteiger partial charge in [0.15, 0.2) is 0 Å². The summed E-state index contributed by atoms with van der Waals surface area (Å²) < 4.78 is 0. The summed E-state index contributed by atoms with van der Waals surface area (Å²) in [5.74, 6) is 0.717. The van der Waals surface area contributed by atoms with Gasteiger partial charge < -0.3 is 0 Å². The highest BCUT2D eigenvalue weighted by molar-refractivity contribution is 7.08. The van der Waals surface area contributed by atoms with Crippen molar-refractivity contribution in [2.45, 2.75) is 11.8 Å². The van der Waals surface area contributed by atoms with Gasteiger partial charge in [0.05, 0.1) is 0 Å². The van der Waals surface area contributed by atoms with Crippen LogP contribution in [-0.4, -0.2) is 0 Å². The maximum Gasteiger partial charge on any atom is 0.0348 e. The molecule has 2 aromatic rings. The third-order valence-corrected chi connectivity index (χ3v) is 4.89. The Kier molecular flexibility index (Phi) is 2.36. The van der Waals surface area contributed by atoms with E-state index in [1.807, 2.05) is 0 Å². The van der Waals surface area contributed by atoms with Crippen molar-refractivity contribution in [1.82, 2.24) is 0 Å². The third kappa shape index (κ3) is 1.52. The average molecular weight is 262 g/mol. The number of hydrogen-bond donors (Lipinski definition) is 0. The van der Waals surface area contributed by atoms with E-state index in [0.717, 1.165) is 0 Å². The van der Waals surface area contributed by atoms with Crippen LogP contribution in [0.5, 0.6) is 0 Å². The van der Waals surface area contributed by atoms with Crippen LogP contribution in [0.4, 0.5) is 0 Å². The van der Waals surface area contributed by atoms with Gasteiger partial charge in [-0.25, -0.2) is 0 Å². The molecule has 2 atom stereocenters. The zero-order chi connectivity index (χ0) is 12.8. The van der Waals surface area contributed by atoms with Crippen molar-refractivity contribution in [2.75, 3.05) is 0 Å². The van der Waals surface area contributed by atoms with E-state index < -0.39 is 0 Å². The minimum Gasteiger partial charge on any atom is -0.152 e. The van der Waals surface area contributed by atoms with Gasteiger partial charge in [-0.15, -0.1) is 0 Å². The Bertz CT molecular complexity index is 715. The summed E-state index contributed by atoms with van der Waals surface area (Å²) in [7, 11) is 0. The molecule has 0 amide bonds. The van der Waals surface area contributed by atoms with Gasteiger partial charge in [-0.2, -0.15) is 11.3 Å². The van der Waals surface area contributed by atoms with Crippen molar-refractivity contribution in [3.05, 3.63) is 93.7 Å². The summed E-state index contributed by atoms with van der Waals surface area (Å²) in [4.78, 5) is 0. The van der Waals surface area contributed by atoms with E-state index in [0.29, 0.717) is 11.8 Å². The van der Waals surface area contributed by atoms with Gasteiger partial charge in [0.1, 0.15) is 0 Å². The van der Waals surface area contributed by atoms with E-state index in [9.17, 15) is 0 Å². The lowest BCUT2D eigenvalue weighted by Crippen LogP contribution is -2.16. The van der Waals surface area contributed by atoms with Crippen molar-refractivity contribution in [1.29, 1.82) is 0 Å². The maximum absolute atomic E-state index is 4.30. The van der Waals surface area contributed by atoms with E-state index in [-0.39, 0.29) is 0 Å². The second kappa shape index (κ2) is 4.07. The molecule has 1 aromatic heterocycles. The second-order valence-corrected chi connectivity index (χ2v) is 5.88. The first-order valence-corrected chi connectivity index (χ1v) is 7.49. The van der Waals surface area contributed by atoms with Crippen molar-refractivity contribution in [3.8, 4) is 0 Å². The number of benzene rings is 1. The van der Waals surface area contributed by atoms with Gasteiger partial charge in [-0.1, -0.05) is 55.1 Å². The molecule has 0 N–H and O–H groups in total. The van der Waals surface area contributed by atoms with E-state index >= 15 is 0 Å². The summed E-state index contributed by atoms with van der Waals surface area (Å²) in [5, 5.41) is 4.59. The topological polar surface area (TPSA) is 0 Å². The van der Waals surface area contributed by atoms with Crippen LogP contribution in [0.15, 0.2) is 71.5 Å². The highest BCUT2D eigenvalue weighted by Crippen LogP contribution is 2.48. The first kappa shape index (κ1) is 11.0. The molecular weight excluding hydrogens is 248 g/mol. The molecule has 0 nitrogen and oxygen atoms in total. The van der Waals surface area contributed by atoms with Gasteiger partial charge in [-0.05, 0) is 38.6 Å². The largest absolute Gasteiger partial charge is 0.152 e. The fraction of sp³-hybridized carbons (Fsp3) is 0.111. The van der Waals surface area contributed by atoms with Gasteiger partial charge in [0.2, 0.25) is 0 Å². The number of thiophene rings is 1. The van der Waals surface area contributed by atoms with Crippen LogP contribution in [-0.2, 0) is 0 Å². The van der Waals surface area contributed by atoms with Crippen LogP contribution >= 0.6 is 11.3 Å². The summed E-state index contributed by atoms with van der Waals surface area (Å²) in [5.41, 5.74) is 6.92. The van der Waals surface area contributed by atoms with Crippen LogP contribution in [0.2, 0.25) is 0 Å². The summed E-state index contributed by atoms with van der Waals surface area (Å²) in [6.45, 7) is 4.30. The van der Waals surface area contributed by atoms with E-state index in [1.165, 1.54) is 27.8 Å². The summed E-state index contributed by atoms with van der Waals surface area (Å²) in [6.07, 6.45) is 8.72. The maximum atomic E-state index is 4.30. The summed E-state index contributed by atoms with van der Waals surface area (Å²) >= 11 is 1.80. The highest BCUT2D eigenvalue weighted by Gasteiger charge is 2.32. The average Bonchev–Trinajstić information content (AvgIpc) is 2.92. The lowest BCUT2D eigenvalue weighted by atomic mass is 9.72. The Morgan fingerprint density at radius 2 is 1.68 bits per heavy atom. The van der Waals surface area contributed by atoms with Crippen molar-refractivity contribution < 1.29 is 0 Å². The molecule has 1 aromatic carbocycles. The molecule has 2 bridgehead atoms. The van der Waals surface area contributed by atoms with E-state index in [2.05, 4.69) is 65.9 Å². The summed E-state index contributed by atoms with van der Waals surface area (Å²) in [6, 6.07) is 8.80. The Labute approximate surface area is 117 Å². The molecule has 2 aliphatic rings. The predicted molar refractivity (Wildman–Crippen MR) is 81.9 cm³/mol. The molecule has 2 aliphatic carbocycles. The second-order valence-electron chi connectivity index (χ2n) is 5.14. The Morgan fingerprint density at radius 1 is 0.895 bits per heavy atom. The first-order valence-electron chi connectivity index (χ1n) is 6.55. The van der Waals surface area contributed by atoms with Gasteiger partial charge >= 0.3 is 0 Å². The number of allylic oxidation sites excluding steroid dienone is 5. The van der Waals surface area contributed by atoms with Crippen LogP contribution in [0.25, 0.3) is 0 Å². The monoisotopic (exact) mass is 262 g/mol. The van der Waals surface area contributed by atoms with Crippen LogP contribution in [0.3, 0.4) is 0 Å². The normalized spacial score (nSPS) is 25.2. The van der Waals surface area contributed by atoms with Gasteiger partial charge in [-0.3, -0.25) is 0 Å². The predicted octanol–water partition coefficient (Wildman–Crippen LogP) is 5.01. The number of hydrogen-bond acceptors (Lipinski definition) is 1. The van der Waals surface area contributed by atoms with Crippen molar-refractivity contribution in [2.24, 2.45) is 0 Å². The van der Waals surface area contributed by atoms with Gasteiger partial charge in [0, 0.05) is 11.8 Å². The number of fused-ring (bicyclic) bond motifs is 3. The van der Waals surface area contributed by atoms with Crippen molar-refractivity contribution in [3.63, 3.8) is 0 Å². The minimum absolute atomic E-state index is 0.324. The Morgan fingerprint density at radius 3 is 2.58 bits per heavy atom. The lowest BCUT2D eigenvalue weighted by Gasteiger charge is -2.31. The minimum atomic E-state index is 0.324. The first-order chi connectivity index (χ1) is 9.36. The molecule has 0 saturated heterocycles. The SMILES string of the molecule is C=C1/C=C\C=CC2c3ccccc3C1c1cscc12. The standard InChI is InChI=1S/C18H14S/c1-12-6-2-3-8-14-13-7-4-5-9-15(13)18(12)17-11-19-10-16(14)17/h2-11,14,18H,1H2/b6-2-,8-3?. The Balaban J connectivity index is 2.09. The molecule has 0 aliphatic heterocycles. The van der Waals surface area contributed by atoms with Crippen LogP contribution in [0, 0.1) is 0 Å². The number of rotatable bonds is 0. The van der Waals surface area contributed by atoms with Gasteiger partial charge in [0.25, 0.3) is 0 Å². The zero-order valence-electron chi connectivity index (χ0n) is 10.5. The van der Waals surface area contributed by atoms with Crippen molar-refractivity contribution >= 4 is 11.3 Å². The molecule has 2 unspecified atom stereocenters. The zero-order valence-corrected chi connectivity index (χ0v) is 11.4. The van der Waals surface area contributed by atoms with E-state index in [4.69, 9.17) is 0 Å². The van der Waals surface area contributed by atoms with Crippen LogP contribution < -0.4 is 0 Å². The molecule has 92 valence electrons. The molecular formula is C18H14S. The fourth-order valence-electron chi connectivity index (χ4n) is 3.25. The lowest BCUT2D eigenvalue weighted by molar-refractivity contribution is 0.851. The molecule has 1 heteroatoms. The molecule has 0 radical (unpaired) electrons. The smallest absolute Gasteiger partial charge is 0.0348 e.